The van der Waals surface area contributed by atoms with Crippen molar-refractivity contribution in [1.82, 2.24) is 14.5 Å². The van der Waals surface area contributed by atoms with Crippen LogP contribution in [0.15, 0.2) is 200 Å². The van der Waals surface area contributed by atoms with Crippen molar-refractivity contribution in [2.75, 3.05) is 0 Å². The molecule has 3 nitrogen and oxygen atoms in total. The monoisotopic (exact) mass is 699 g/mol. The lowest BCUT2D eigenvalue weighted by Crippen LogP contribution is -1.92. The number of nitrogens with zero attached hydrogens (tertiary/aromatic N) is 3. The maximum Gasteiger partial charge on any atom is 0.0971 e. The molecule has 0 radical (unpaired) electrons. The third kappa shape index (κ3) is 5.20. The number of benzene rings is 9. The van der Waals surface area contributed by atoms with E-state index in [0.717, 1.165) is 21.8 Å². The molecule has 55 heavy (non-hydrogen) atoms. The van der Waals surface area contributed by atoms with Crippen molar-refractivity contribution in [1.29, 1.82) is 0 Å². The average molecular weight is 700 g/mol. The highest BCUT2D eigenvalue weighted by atomic mass is 15.0. The Morgan fingerprint density at radius 2 is 0.727 bits per heavy atom. The molecule has 0 aliphatic carbocycles. The van der Waals surface area contributed by atoms with Crippen molar-refractivity contribution < 1.29 is 0 Å². The fourth-order valence-corrected chi connectivity index (χ4v) is 8.43. The molecule has 2 aromatic heterocycles. The van der Waals surface area contributed by atoms with E-state index in [0.29, 0.717) is 0 Å². The minimum Gasteiger partial charge on any atom is -0.309 e. The second kappa shape index (κ2) is 12.6. The van der Waals surface area contributed by atoms with Crippen LogP contribution in [0.2, 0.25) is 0 Å². The zero-order chi connectivity index (χ0) is 36.3. The van der Waals surface area contributed by atoms with Crippen molar-refractivity contribution >= 4 is 54.4 Å². The SMILES string of the molecule is c1ccc(-n2c3ccccc3c3cc(-c4cccc(-c5ccc(-c6cccc(-c7ccc8c(c7)c7ccccc7c7nccnc87)c6)cc5)c4)ccc32)cc1. The molecule has 0 N–H and O–H groups in total. The first-order valence-electron chi connectivity index (χ1n) is 18.7. The molecule has 256 valence electrons. The van der Waals surface area contributed by atoms with E-state index in [-0.39, 0.29) is 0 Å². The number of hydrogen-bond donors (Lipinski definition) is 0. The van der Waals surface area contributed by atoms with Crippen LogP contribution in [-0.4, -0.2) is 14.5 Å². The maximum absolute atomic E-state index is 4.73. The van der Waals surface area contributed by atoms with E-state index in [4.69, 9.17) is 9.97 Å². The van der Waals surface area contributed by atoms with Crippen LogP contribution < -0.4 is 0 Å². The van der Waals surface area contributed by atoms with Crippen LogP contribution in [0.3, 0.4) is 0 Å². The van der Waals surface area contributed by atoms with Crippen molar-refractivity contribution in [3.05, 3.63) is 200 Å². The van der Waals surface area contributed by atoms with E-state index < -0.39 is 0 Å². The van der Waals surface area contributed by atoms with Crippen LogP contribution in [0.1, 0.15) is 0 Å². The summed E-state index contributed by atoms with van der Waals surface area (Å²) in [6, 6.07) is 68.1. The highest BCUT2D eigenvalue weighted by molar-refractivity contribution is 6.23. The van der Waals surface area contributed by atoms with Gasteiger partial charge in [-0.1, -0.05) is 140 Å². The minimum atomic E-state index is 0.940. The molecular weight excluding hydrogens is 667 g/mol. The van der Waals surface area contributed by atoms with Crippen LogP contribution >= 0.6 is 0 Å². The molecule has 0 saturated carbocycles. The van der Waals surface area contributed by atoms with E-state index in [1.165, 1.54) is 82.8 Å². The third-order valence-electron chi connectivity index (χ3n) is 11.1. The smallest absolute Gasteiger partial charge is 0.0971 e. The fourth-order valence-electron chi connectivity index (χ4n) is 8.43. The quantitative estimate of drug-likeness (QED) is 0.167. The molecule has 0 saturated heterocycles. The predicted octanol–water partition coefficient (Wildman–Crippen LogP) is 13.7. The molecule has 0 amide bonds. The summed E-state index contributed by atoms with van der Waals surface area (Å²) >= 11 is 0. The molecule has 0 aliphatic heterocycles. The molecule has 0 fully saturated rings. The fraction of sp³-hybridized carbons (Fsp3) is 0. The first kappa shape index (κ1) is 31.2. The van der Waals surface area contributed by atoms with Crippen LogP contribution in [0.4, 0.5) is 0 Å². The molecular formula is C52H33N3. The van der Waals surface area contributed by atoms with Gasteiger partial charge < -0.3 is 4.57 Å². The van der Waals surface area contributed by atoms with Gasteiger partial charge in [0.2, 0.25) is 0 Å². The molecule has 0 bridgehead atoms. The molecule has 0 aliphatic rings. The van der Waals surface area contributed by atoms with Gasteiger partial charge >= 0.3 is 0 Å². The van der Waals surface area contributed by atoms with Crippen molar-refractivity contribution in [2.45, 2.75) is 0 Å². The molecule has 11 rings (SSSR count). The molecule has 9 aromatic carbocycles. The van der Waals surface area contributed by atoms with Gasteiger partial charge in [0.25, 0.3) is 0 Å². The van der Waals surface area contributed by atoms with Gasteiger partial charge in [0.05, 0.1) is 22.1 Å². The highest BCUT2D eigenvalue weighted by Gasteiger charge is 2.14. The van der Waals surface area contributed by atoms with Crippen LogP contribution in [0.5, 0.6) is 0 Å². The van der Waals surface area contributed by atoms with Gasteiger partial charge in [0.15, 0.2) is 0 Å². The first-order chi connectivity index (χ1) is 27.3. The van der Waals surface area contributed by atoms with Crippen LogP contribution in [0, 0.1) is 0 Å². The van der Waals surface area contributed by atoms with Crippen molar-refractivity contribution in [2.24, 2.45) is 0 Å². The summed E-state index contributed by atoms with van der Waals surface area (Å²) in [5, 5.41) is 7.15. The van der Waals surface area contributed by atoms with Gasteiger partial charge in [-0.15, -0.1) is 0 Å². The van der Waals surface area contributed by atoms with Gasteiger partial charge in [0.1, 0.15) is 0 Å². The topological polar surface area (TPSA) is 30.7 Å². The molecule has 11 aromatic rings. The average Bonchev–Trinajstić information content (AvgIpc) is 3.60. The van der Waals surface area contributed by atoms with E-state index in [1.807, 2.05) is 0 Å². The van der Waals surface area contributed by atoms with Crippen molar-refractivity contribution in [3.8, 4) is 50.2 Å². The summed E-state index contributed by atoms with van der Waals surface area (Å²) in [7, 11) is 0. The Bertz CT molecular complexity index is 3210. The van der Waals surface area contributed by atoms with Gasteiger partial charge in [-0.25, -0.2) is 0 Å². The lowest BCUT2D eigenvalue weighted by molar-refractivity contribution is 1.18. The minimum absolute atomic E-state index is 0.940. The second-order valence-corrected chi connectivity index (χ2v) is 14.2. The molecule has 0 atom stereocenters. The van der Waals surface area contributed by atoms with Crippen molar-refractivity contribution in [3.63, 3.8) is 0 Å². The van der Waals surface area contributed by atoms with E-state index >= 15 is 0 Å². The maximum atomic E-state index is 4.73. The summed E-state index contributed by atoms with van der Waals surface area (Å²) in [5.74, 6) is 0. The summed E-state index contributed by atoms with van der Waals surface area (Å²) in [4.78, 5) is 9.43. The Kier molecular flexibility index (Phi) is 7.17. The Morgan fingerprint density at radius 3 is 1.38 bits per heavy atom. The number of fused-ring (bicyclic) bond motifs is 9. The Labute approximate surface area is 318 Å². The van der Waals surface area contributed by atoms with Gasteiger partial charge in [-0.05, 0) is 104 Å². The number of hydrogen-bond acceptors (Lipinski definition) is 2. The summed E-state index contributed by atoms with van der Waals surface area (Å²) < 4.78 is 2.36. The molecule has 0 unspecified atom stereocenters. The number of rotatable bonds is 5. The second-order valence-electron chi connectivity index (χ2n) is 14.2. The number of aromatic nitrogens is 3. The van der Waals surface area contributed by atoms with Gasteiger partial charge in [-0.3, -0.25) is 9.97 Å². The van der Waals surface area contributed by atoms with E-state index in [9.17, 15) is 0 Å². The molecule has 3 heteroatoms. The molecule has 2 heterocycles. The standard InChI is InChI=1S/C52H33N3/c1-2-14-42(15-3-1)55-49-19-7-6-17-44(49)48-33-41(25-27-50(48)55)39-13-9-11-37(31-39)35-22-20-34(21-23-35)36-10-8-12-38(30-36)40-24-26-46-47(32-40)43-16-4-5-18-45(43)51-52(46)54-29-28-53-51/h1-33H. The van der Waals surface area contributed by atoms with E-state index in [1.54, 1.807) is 12.4 Å². The zero-order valence-electron chi connectivity index (χ0n) is 29.9. The summed E-state index contributed by atoms with van der Waals surface area (Å²) in [5.41, 5.74) is 15.0. The summed E-state index contributed by atoms with van der Waals surface area (Å²) in [6.45, 7) is 0. The first-order valence-corrected chi connectivity index (χ1v) is 18.7. The Balaban J connectivity index is 0.919. The number of para-hydroxylation sites is 2. The van der Waals surface area contributed by atoms with Gasteiger partial charge in [0, 0.05) is 39.6 Å². The lowest BCUT2D eigenvalue weighted by atomic mass is 9.93. The van der Waals surface area contributed by atoms with Crippen LogP contribution in [0.25, 0.3) is 105 Å². The van der Waals surface area contributed by atoms with Crippen LogP contribution in [-0.2, 0) is 0 Å². The summed E-state index contributed by atoms with van der Waals surface area (Å²) in [6.07, 6.45) is 3.56. The van der Waals surface area contributed by atoms with Gasteiger partial charge in [-0.2, -0.15) is 0 Å². The largest absolute Gasteiger partial charge is 0.309 e. The Hall–Kier alpha value is -7.36. The lowest BCUT2D eigenvalue weighted by Gasteiger charge is -2.12. The molecule has 0 spiro atoms. The normalized spacial score (nSPS) is 11.6. The highest BCUT2D eigenvalue weighted by Crippen LogP contribution is 2.38. The Morgan fingerprint density at radius 1 is 0.273 bits per heavy atom. The zero-order valence-corrected chi connectivity index (χ0v) is 29.9. The predicted molar refractivity (Wildman–Crippen MR) is 231 cm³/mol. The third-order valence-corrected chi connectivity index (χ3v) is 11.1. The van der Waals surface area contributed by atoms with E-state index in [2.05, 4.69) is 193 Å².